The molecule has 2 unspecified atom stereocenters. The molecule has 70 heavy (non-hydrogen) atoms. The Kier molecular flexibility index (Phi) is 11.5. The zero-order valence-electron chi connectivity index (χ0n) is 41.3. The summed E-state index contributed by atoms with van der Waals surface area (Å²) in [7, 11) is 0. The highest BCUT2D eigenvalue weighted by Gasteiger charge is 2.53. The van der Waals surface area contributed by atoms with Gasteiger partial charge in [0.05, 0.1) is 11.1 Å². The zero-order chi connectivity index (χ0) is 48.0. The first-order valence-corrected chi connectivity index (χ1v) is 25.0. The van der Waals surface area contributed by atoms with Crippen molar-refractivity contribution in [1.29, 1.82) is 0 Å². The summed E-state index contributed by atoms with van der Waals surface area (Å²) >= 11 is 0. The van der Waals surface area contributed by atoms with Crippen LogP contribution in [0, 0.1) is 5.92 Å². The maximum atomic E-state index is 2.62. The molecule has 11 rings (SSSR count). The summed E-state index contributed by atoms with van der Waals surface area (Å²) in [5.74, 6) is 0.228. The maximum absolute atomic E-state index is 2.62. The lowest BCUT2D eigenvalue weighted by Crippen LogP contribution is -2.36. The molecular formula is C69H61N. The third kappa shape index (κ3) is 7.94. The van der Waals surface area contributed by atoms with Gasteiger partial charge in [0.1, 0.15) is 0 Å². The van der Waals surface area contributed by atoms with Crippen LogP contribution >= 0.6 is 0 Å². The molecule has 2 aliphatic rings. The number of hydrogen-bond donors (Lipinski definition) is 0. The van der Waals surface area contributed by atoms with Gasteiger partial charge >= 0.3 is 0 Å². The van der Waals surface area contributed by atoms with Crippen LogP contribution in [0.2, 0.25) is 0 Å². The molecule has 0 fully saturated rings. The van der Waals surface area contributed by atoms with Crippen LogP contribution in [0.15, 0.2) is 254 Å². The molecule has 1 nitrogen and oxygen atoms in total. The fourth-order valence-electron chi connectivity index (χ4n) is 11.5. The summed E-state index contributed by atoms with van der Waals surface area (Å²) in [5, 5.41) is 0. The molecule has 2 aliphatic carbocycles. The Morgan fingerprint density at radius 3 is 1.40 bits per heavy atom. The van der Waals surface area contributed by atoms with Crippen molar-refractivity contribution in [1.82, 2.24) is 0 Å². The first-order chi connectivity index (χ1) is 34.0. The maximum Gasteiger partial charge on any atom is 0.0540 e. The van der Waals surface area contributed by atoms with Gasteiger partial charge in [-0.25, -0.2) is 0 Å². The largest absolute Gasteiger partial charge is 0.310 e. The molecule has 0 saturated carbocycles. The lowest BCUT2D eigenvalue weighted by atomic mass is 9.62. The first-order valence-electron chi connectivity index (χ1n) is 25.0. The smallest absolute Gasteiger partial charge is 0.0540 e. The Morgan fingerprint density at radius 1 is 0.386 bits per heavy atom. The molecule has 0 heterocycles. The van der Waals surface area contributed by atoms with Gasteiger partial charge in [-0.2, -0.15) is 0 Å². The van der Waals surface area contributed by atoms with E-state index >= 15 is 0 Å². The van der Waals surface area contributed by atoms with Crippen molar-refractivity contribution < 1.29 is 0 Å². The summed E-state index contributed by atoms with van der Waals surface area (Å²) in [4.78, 5) is 2.52. The quantitative estimate of drug-likeness (QED) is 0.139. The Morgan fingerprint density at radius 2 is 0.829 bits per heavy atom. The van der Waals surface area contributed by atoms with Crippen LogP contribution in [0.4, 0.5) is 11.4 Å². The van der Waals surface area contributed by atoms with E-state index in [0.717, 1.165) is 17.1 Å². The van der Waals surface area contributed by atoms with Crippen molar-refractivity contribution in [3.63, 3.8) is 0 Å². The van der Waals surface area contributed by atoms with E-state index in [1.54, 1.807) is 0 Å². The predicted molar refractivity (Wildman–Crippen MR) is 297 cm³/mol. The second kappa shape index (κ2) is 18.0. The van der Waals surface area contributed by atoms with Crippen molar-refractivity contribution in [2.45, 2.75) is 63.7 Å². The van der Waals surface area contributed by atoms with Crippen LogP contribution in [-0.4, -0.2) is 0 Å². The fourth-order valence-corrected chi connectivity index (χ4v) is 11.5. The number of allylic oxidation sites excluding steroid dienone is 3. The standard InChI is InChI=1S/C69H61N/c1-67(2,3)51-35-39-53(40-36-51)69(54-41-37-52(38-42-54)68(4,5)6)64-31-19-17-29-61(64)62-46-45-56(47-65(62)69)70(55-43-33-49(34-44-55)48-21-9-7-10-22-48)66-32-20-18-30-63(66)60-28-16-15-27-59(60)58-26-14-13-25-57(58)50-23-11-8-12-24-50/h7-47,62,65H,1-6H3. The Bertz CT molecular complexity index is 3300. The number of hydrogen-bond acceptors (Lipinski definition) is 1. The molecule has 2 atom stereocenters. The molecule has 0 radical (unpaired) electrons. The van der Waals surface area contributed by atoms with Crippen LogP contribution in [0.3, 0.4) is 0 Å². The predicted octanol–water partition coefficient (Wildman–Crippen LogP) is 18.3. The normalized spacial score (nSPS) is 16.0. The average molecular weight is 904 g/mol. The molecule has 0 saturated heterocycles. The third-order valence-electron chi connectivity index (χ3n) is 15.0. The Balaban J connectivity index is 1.14. The van der Waals surface area contributed by atoms with Crippen LogP contribution in [0.25, 0.3) is 44.5 Å². The van der Waals surface area contributed by atoms with E-state index < -0.39 is 5.41 Å². The highest BCUT2D eigenvalue weighted by Crippen LogP contribution is 2.61. The second-order valence-corrected chi connectivity index (χ2v) is 21.3. The van der Waals surface area contributed by atoms with Crippen LogP contribution in [0.1, 0.15) is 80.8 Å². The lowest BCUT2D eigenvalue weighted by Gasteiger charge is -2.41. The summed E-state index contributed by atoms with van der Waals surface area (Å²) < 4.78 is 0. The number of fused-ring (bicyclic) bond motifs is 3. The number of anilines is 2. The molecule has 1 heteroatoms. The van der Waals surface area contributed by atoms with Crippen molar-refractivity contribution in [2.75, 3.05) is 4.90 Å². The highest BCUT2D eigenvalue weighted by atomic mass is 15.1. The minimum absolute atomic E-state index is 0.0308. The first kappa shape index (κ1) is 44.7. The third-order valence-corrected chi connectivity index (χ3v) is 15.0. The number of nitrogens with zero attached hydrogens (tertiary/aromatic N) is 1. The molecule has 0 aliphatic heterocycles. The molecule has 342 valence electrons. The molecule has 0 amide bonds. The van der Waals surface area contributed by atoms with E-state index in [2.05, 4.69) is 295 Å². The van der Waals surface area contributed by atoms with Crippen LogP contribution in [0.5, 0.6) is 0 Å². The van der Waals surface area contributed by atoms with Gasteiger partial charge < -0.3 is 4.90 Å². The van der Waals surface area contributed by atoms with Gasteiger partial charge in [0.25, 0.3) is 0 Å². The van der Waals surface area contributed by atoms with Crippen LogP contribution in [-0.2, 0) is 16.2 Å². The summed E-state index contributed by atoms with van der Waals surface area (Å²) in [6.45, 7) is 13.9. The minimum Gasteiger partial charge on any atom is -0.310 e. The summed E-state index contributed by atoms with van der Waals surface area (Å²) in [6.07, 6.45) is 7.53. The average Bonchev–Trinajstić information content (AvgIpc) is 3.69. The summed E-state index contributed by atoms with van der Waals surface area (Å²) in [5.41, 5.74) is 20.6. The zero-order valence-corrected chi connectivity index (χ0v) is 41.3. The van der Waals surface area contributed by atoms with Crippen molar-refractivity contribution in [3.05, 3.63) is 288 Å². The number of para-hydroxylation sites is 1. The van der Waals surface area contributed by atoms with E-state index in [1.165, 1.54) is 77.9 Å². The molecule has 9 aromatic carbocycles. The fraction of sp³-hybridized carbons (Fsp3) is 0.159. The Hall–Kier alpha value is -7.74. The van der Waals surface area contributed by atoms with Gasteiger partial charge in [-0.3, -0.25) is 0 Å². The van der Waals surface area contributed by atoms with Gasteiger partial charge in [0.15, 0.2) is 0 Å². The molecule has 0 aromatic heterocycles. The Labute approximate surface area is 416 Å². The van der Waals surface area contributed by atoms with Gasteiger partial charge in [-0.15, -0.1) is 0 Å². The molecule has 0 spiro atoms. The highest BCUT2D eigenvalue weighted by molar-refractivity contribution is 5.96. The topological polar surface area (TPSA) is 3.24 Å². The van der Waals surface area contributed by atoms with Crippen molar-refractivity contribution in [3.8, 4) is 44.5 Å². The minimum atomic E-state index is -0.472. The van der Waals surface area contributed by atoms with Gasteiger partial charge in [0.2, 0.25) is 0 Å². The molecule has 0 bridgehead atoms. The number of benzene rings is 9. The van der Waals surface area contributed by atoms with E-state index in [9.17, 15) is 0 Å². The van der Waals surface area contributed by atoms with Gasteiger partial charge in [-0.05, 0) is 107 Å². The summed E-state index contributed by atoms with van der Waals surface area (Å²) in [6, 6.07) is 86.0. The van der Waals surface area contributed by atoms with E-state index in [1.807, 2.05) is 0 Å². The van der Waals surface area contributed by atoms with Crippen molar-refractivity contribution >= 4 is 11.4 Å². The van der Waals surface area contributed by atoms with Gasteiger partial charge in [0, 0.05) is 28.8 Å². The number of rotatable bonds is 9. The van der Waals surface area contributed by atoms with Crippen molar-refractivity contribution in [2.24, 2.45) is 5.92 Å². The lowest BCUT2D eigenvalue weighted by molar-refractivity contribution is 0.452. The molecular weight excluding hydrogens is 843 g/mol. The molecule has 9 aromatic rings. The van der Waals surface area contributed by atoms with E-state index in [-0.39, 0.29) is 22.7 Å². The monoisotopic (exact) mass is 903 g/mol. The van der Waals surface area contributed by atoms with E-state index in [4.69, 9.17) is 0 Å². The van der Waals surface area contributed by atoms with Gasteiger partial charge in [-0.1, -0.05) is 266 Å². The van der Waals surface area contributed by atoms with Crippen LogP contribution < -0.4 is 4.90 Å². The molecule has 0 N–H and O–H groups in total. The second-order valence-electron chi connectivity index (χ2n) is 21.3. The van der Waals surface area contributed by atoms with E-state index in [0.29, 0.717) is 0 Å². The SMILES string of the molecule is CC(C)(C)c1ccc(C2(c3ccc(C(C)(C)C)cc3)c3ccccc3C3C=CC(N(c4ccc(-c5ccccc5)cc4)c4ccccc4-c4ccccc4-c4ccccc4-c4ccccc4)=CC32)cc1.